The quantitative estimate of drug-likeness (QED) is 0.301. The van der Waals surface area contributed by atoms with Gasteiger partial charge in [-0.2, -0.15) is 0 Å². The van der Waals surface area contributed by atoms with Crippen molar-refractivity contribution in [3.8, 4) is 0 Å². The van der Waals surface area contributed by atoms with E-state index in [4.69, 9.17) is 23.2 Å². The Morgan fingerprint density at radius 2 is 1.12 bits per heavy atom. The fourth-order valence-corrected chi connectivity index (χ4v) is 5.36. The molecular formula is C27H38Cl2N2O. The van der Waals surface area contributed by atoms with Crippen molar-refractivity contribution >= 4 is 29.0 Å². The monoisotopic (exact) mass is 476 g/mol. The molecule has 176 valence electrons. The van der Waals surface area contributed by atoms with Gasteiger partial charge in [0.25, 0.3) is 0 Å². The lowest BCUT2D eigenvalue weighted by Gasteiger charge is -2.38. The molecule has 2 aromatic carbocycles. The van der Waals surface area contributed by atoms with Crippen molar-refractivity contribution in [1.29, 1.82) is 0 Å². The summed E-state index contributed by atoms with van der Waals surface area (Å²) in [5, 5.41) is 8.36. The van der Waals surface area contributed by atoms with Gasteiger partial charge in [0, 0.05) is 22.9 Å². The summed E-state index contributed by atoms with van der Waals surface area (Å²) in [4.78, 5) is 13.7. The maximum atomic E-state index is 13.7. The molecule has 0 aromatic heterocycles. The summed E-state index contributed by atoms with van der Waals surface area (Å²) in [5.74, 6) is 0.195. The second kappa shape index (κ2) is 12.7. The van der Waals surface area contributed by atoms with Crippen LogP contribution in [-0.4, -0.2) is 19.9 Å². The van der Waals surface area contributed by atoms with Gasteiger partial charge < -0.3 is 10.6 Å². The standard InChI is InChI=1S/C27H38Cl2N2O/c1-5-7-17-26(30-3,22-13-9-11-15-24(22)28)19-21(32)20-27(31-4,18-8-6-2)23-14-10-12-16-25(23)29/h9-16,30-31H,5-8,17-20H2,1-4H3. The summed E-state index contributed by atoms with van der Waals surface area (Å²) in [6.45, 7) is 4.34. The van der Waals surface area contributed by atoms with Gasteiger partial charge in [0.1, 0.15) is 5.78 Å². The highest BCUT2D eigenvalue weighted by atomic mass is 35.5. The summed E-state index contributed by atoms with van der Waals surface area (Å²) in [5.41, 5.74) is 1.01. The second-order valence-electron chi connectivity index (χ2n) is 8.72. The zero-order chi connectivity index (χ0) is 23.6. The molecule has 0 aliphatic carbocycles. The Hall–Kier alpha value is -1.39. The minimum atomic E-state index is -0.490. The van der Waals surface area contributed by atoms with E-state index >= 15 is 0 Å². The summed E-state index contributed by atoms with van der Waals surface area (Å²) in [6, 6.07) is 15.7. The summed E-state index contributed by atoms with van der Waals surface area (Å²) in [7, 11) is 3.87. The van der Waals surface area contributed by atoms with Crippen LogP contribution >= 0.6 is 23.2 Å². The first kappa shape index (κ1) is 26.9. The lowest BCUT2D eigenvalue weighted by molar-refractivity contribution is -0.122. The summed E-state index contributed by atoms with van der Waals surface area (Å²) >= 11 is 13.2. The lowest BCUT2D eigenvalue weighted by atomic mass is 9.75. The van der Waals surface area contributed by atoms with Crippen molar-refractivity contribution in [3.05, 3.63) is 69.7 Å². The first-order chi connectivity index (χ1) is 15.4. The van der Waals surface area contributed by atoms with Crippen LogP contribution < -0.4 is 10.6 Å². The number of carbonyl (C=O) groups excluding carboxylic acids is 1. The first-order valence-electron chi connectivity index (χ1n) is 11.8. The molecule has 2 rings (SSSR count). The van der Waals surface area contributed by atoms with Gasteiger partial charge in [-0.05, 0) is 50.2 Å². The number of hydrogen-bond acceptors (Lipinski definition) is 3. The van der Waals surface area contributed by atoms with Gasteiger partial charge in [-0.25, -0.2) is 0 Å². The molecule has 0 saturated heterocycles. The van der Waals surface area contributed by atoms with E-state index in [1.807, 2.05) is 62.6 Å². The zero-order valence-corrected chi connectivity index (χ0v) is 21.5. The predicted octanol–water partition coefficient (Wildman–Crippen LogP) is 7.25. The molecule has 2 N–H and O–H groups in total. The van der Waals surface area contributed by atoms with Crippen LogP contribution in [0.3, 0.4) is 0 Å². The maximum absolute atomic E-state index is 13.7. The van der Waals surface area contributed by atoms with Gasteiger partial charge in [-0.15, -0.1) is 0 Å². The second-order valence-corrected chi connectivity index (χ2v) is 9.54. The molecule has 2 unspecified atom stereocenters. The molecule has 0 amide bonds. The number of Topliss-reactive ketones (excluding diaryl/α,β-unsaturated/α-hetero) is 1. The Balaban J connectivity index is 2.42. The SMILES string of the molecule is CCCCC(CC(=O)CC(CCCC)(NC)c1ccccc1Cl)(NC)c1ccccc1Cl. The van der Waals surface area contributed by atoms with Crippen LogP contribution in [0.1, 0.15) is 76.3 Å². The van der Waals surface area contributed by atoms with Gasteiger partial charge in [0.05, 0.1) is 11.1 Å². The molecular weight excluding hydrogens is 439 g/mol. The van der Waals surface area contributed by atoms with Crippen LogP contribution in [0, 0.1) is 0 Å². The molecule has 0 saturated carbocycles. The Labute approximate surface area is 204 Å². The van der Waals surface area contributed by atoms with E-state index in [0.29, 0.717) is 22.9 Å². The molecule has 0 bridgehead atoms. The van der Waals surface area contributed by atoms with Crippen LogP contribution in [0.2, 0.25) is 10.0 Å². The third kappa shape index (κ3) is 6.35. The van der Waals surface area contributed by atoms with Gasteiger partial charge in [0.2, 0.25) is 0 Å². The van der Waals surface area contributed by atoms with Crippen molar-refractivity contribution < 1.29 is 4.79 Å². The Morgan fingerprint density at radius 3 is 1.44 bits per heavy atom. The zero-order valence-electron chi connectivity index (χ0n) is 19.9. The van der Waals surface area contributed by atoms with Crippen LogP contribution in [-0.2, 0) is 15.9 Å². The number of ketones is 1. The third-order valence-corrected chi connectivity index (χ3v) is 7.31. The summed E-state index contributed by atoms with van der Waals surface area (Å²) in [6.07, 6.45) is 6.59. The lowest BCUT2D eigenvalue weighted by Crippen LogP contribution is -2.46. The number of benzene rings is 2. The fraction of sp³-hybridized carbons (Fsp3) is 0.519. The minimum absolute atomic E-state index is 0.195. The number of carbonyl (C=O) groups is 1. The molecule has 0 fully saturated rings. The van der Waals surface area contributed by atoms with Crippen molar-refractivity contribution in [2.75, 3.05) is 14.1 Å². The normalized spacial score (nSPS) is 15.2. The molecule has 3 nitrogen and oxygen atoms in total. The van der Waals surface area contributed by atoms with E-state index in [2.05, 4.69) is 24.5 Å². The number of unbranched alkanes of at least 4 members (excludes halogenated alkanes) is 2. The third-order valence-electron chi connectivity index (χ3n) is 6.65. The molecule has 32 heavy (non-hydrogen) atoms. The molecule has 2 atom stereocenters. The van der Waals surface area contributed by atoms with Crippen LogP contribution in [0.15, 0.2) is 48.5 Å². The Morgan fingerprint density at radius 1 is 0.750 bits per heavy atom. The number of hydrogen-bond donors (Lipinski definition) is 2. The van der Waals surface area contributed by atoms with Crippen LogP contribution in [0.5, 0.6) is 0 Å². The smallest absolute Gasteiger partial charge is 0.137 e. The molecule has 0 aliphatic heterocycles. The van der Waals surface area contributed by atoms with Gasteiger partial charge in [-0.3, -0.25) is 4.79 Å². The molecule has 0 radical (unpaired) electrons. The average Bonchev–Trinajstić information content (AvgIpc) is 2.80. The molecule has 0 aliphatic rings. The van der Waals surface area contributed by atoms with Gasteiger partial charge in [-0.1, -0.05) is 99.1 Å². The van der Waals surface area contributed by atoms with E-state index in [9.17, 15) is 4.79 Å². The molecule has 0 spiro atoms. The largest absolute Gasteiger partial charge is 0.310 e. The van der Waals surface area contributed by atoms with E-state index in [1.165, 1.54) is 0 Å². The maximum Gasteiger partial charge on any atom is 0.137 e. The van der Waals surface area contributed by atoms with E-state index < -0.39 is 11.1 Å². The Kier molecular flexibility index (Phi) is 10.7. The highest BCUT2D eigenvalue weighted by Gasteiger charge is 2.39. The molecule has 2 aromatic rings. The van der Waals surface area contributed by atoms with E-state index in [1.54, 1.807) is 0 Å². The molecule has 5 heteroatoms. The van der Waals surface area contributed by atoms with Crippen molar-refractivity contribution in [3.63, 3.8) is 0 Å². The first-order valence-corrected chi connectivity index (χ1v) is 12.5. The average molecular weight is 478 g/mol. The minimum Gasteiger partial charge on any atom is -0.310 e. The number of halogens is 2. The molecule has 0 heterocycles. The number of nitrogens with one attached hydrogen (secondary N) is 2. The van der Waals surface area contributed by atoms with E-state index in [-0.39, 0.29) is 5.78 Å². The highest BCUT2D eigenvalue weighted by Crippen LogP contribution is 2.39. The predicted molar refractivity (Wildman–Crippen MR) is 138 cm³/mol. The van der Waals surface area contributed by atoms with Crippen LogP contribution in [0.4, 0.5) is 0 Å². The van der Waals surface area contributed by atoms with Crippen molar-refractivity contribution in [2.24, 2.45) is 0 Å². The number of rotatable bonds is 14. The van der Waals surface area contributed by atoms with Gasteiger partial charge in [0.15, 0.2) is 0 Å². The topological polar surface area (TPSA) is 41.1 Å². The van der Waals surface area contributed by atoms with Crippen LogP contribution in [0.25, 0.3) is 0 Å². The summed E-state index contributed by atoms with van der Waals surface area (Å²) < 4.78 is 0. The fourth-order valence-electron chi connectivity index (χ4n) is 4.72. The van der Waals surface area contributed by atoms with E-state index in [0.717, 1.165) is 49.7 Å². The van der Waals surface area contributed by atoms with Crippen molar-refractivity contribution in [1.82, 2.24) is 10.6 Å². The van der Waals surface area contributed by atoms with Crippen molar-refractivity contribution in [2.45, 2.75) is 76.3 Å². The Bertz CT molecular complexity index is 803. The van der Waals surface area contributed by atoms with Gasteiger partial charge >= 0.3 is 0 Å². The highest BCUT2D eigenvalue weighted by molar-refractivity contribution is 6.31.